The Hall–Kier alpha value is -1.27. The summed E-state index contributed by atoms with van der Waals surface area (Å²) in [7, 11) is 0. The van der Waals surface area contributed by atoms with E-state index in [1.165, 1.54) is 12.0 Å². The molecule has 16 heavy (non-hydrogen) atoms. The first kappa shape index (κ1) is 11.2. The molecular formula is C13H18N2O. The lowest BCUT2D eigenvalue weighted by Crippen LogP contribution is -1.96. The topological polar surface area (TPSA) is 49.0 Å². The highest BCUT2D eigenvalue weighted by atomic mass is 16.3. The molecule has 0 spiro atoms. The molecule has 2 rings (SSSR count). The number of aryl methyl sites for hydroxylation is 2. The van der Waals surface area contributed by atoms with E-state index in [1.54, 1.807) is 0 Å². The van der Waals surface area contributed by atoms with Gasteiger partial charge in [-0.05, 0) is 31.2 Å². The summed E-state index contributed by atoms with van der Waals surface area (Å²) in [6.07, 6.45) is 9.66. The van der Waals surface area contributed by atoms with Gasteiger partial charge >= 0.3 is 0 Å². The van der Waals surface area contributed by atoms with Crippen LogP contribution < -0.4 is 0 Å². The van der Waals surface area contributed by atoms with Crippen LogP contribution in [-0.2, 0) is 13.0 Å². The average molecular weight is 218 g/mol. The van der Waals surface area contributed by atoms with E-state index in [0.717, 1.165) is 37.8 Å². The highest BCUT2D eigenvalue weighted by Crippen LogP contribution is 2.29. The van der Waals surface area contributed by atoms with Crippen molar-refractivity contribution in [1.82, 2.24) is 4.57 Å². The summed E-state index contributed by atoms with van der Waals surface area (Å²) in [5.74, 6) is 0. The van der Waals surface area contributed by atoms with Crippen molar-refractivity contribution in [3.05, 3.63) is 23.5 Å². The number of aliphatic hydroxyl groups is 1. The molecule has 1 atom stereocenters. The lowest BCUT2D eigenvalue weighted by Gasteiger charge is -2.06. The number of hydrogen-bond acceptors (Lipinski definition) is 2. The fourth-order valence-corrected chi connectivity index (χ4v) is 2.36. The molecule has 0 aromatic carbocycles. The van der Waals surface area contributed by atoms with Gasteiger partial charge in [-0.15, -0.1) is 0 Å². The van der Waals surface area contributed by atoms with Crippen LogP contribution in [0.3, 0.4) is 0 Å². The summed E-state index contributed by atoms with van der Waals surface area (Å²) in [6.45, 7) is 0.882. The predicted octanol–water partition coefficient (Wildman–Crippen LogP) is 2.55. The largest absolute Gasteiger partial charge is 0.388 e. The van der Waals surface area contributed by atoms with Crippen LogP contribution in [0.25, 0.3) is 0 Å². The molecule has 0 saturated carbocycles. The molecule has 0 bridgehead atoms. The lowest BCUT2D eigenvalue weighted by molar-refractivity contribution is 0.166. The van der Waals surface area contributed by atoms with Crippen LogP contribution in [0, 0.1) is 11.3 Å². The van der Waals surface area contributed by atoms with Gasteiger partial charge in [-0.1, -0.05) is 6.42 Å². The highest BCUT2D eigenvalue weighted by molar-refractivity contribution is 5.27. The summed E-state index contributed by atoms with van der Waals surface area (Å²) in [5, 5.41) is 18.4. The molecule has 1 aliphatic carbocycles. The minimum Gasteiger partial charge on any atom is -0.388 e. The summed E-state index contributed by atoms with van der Waals surface area (Å²) >= 11 is 0. The molecular weight excluding hydrogens is 200 g/mol. The van der Waals surface area contributed by atoms with Crippen molar-refractivity contribution in [1.29, 1.82) is 5.26 Å². The number of unbranched alkanes of at least 4 members (excludes halogenated alkanes) is 1. The first-order valence-corrected chi connectivity index (χ1v) is 6.05. The minimum absolute atomic E-state index is 0.283. The molecule has 3 nitrogen and oxygen atoms in total. The van der Waals surface area contributed by atoms with Gasteiger partial charge in [-0.25, -0.2) is 0 Å². The van der Waals surface area contributed by atoms with Crippen LogP contribution in [0.2, 0.25) is 0 Å². The molecule has 1 heterocycles. The van der Waals surface area contributed by atoms with Gasteiger partial charge in [0.1, 0.15) is 0 Å². The number of nitriles is 1. The van der Waals surface area contributed by atoms with Crippen LogP contribution in [0.4, 0.5) is 0 Å². The van der Waals surface area contributed by atoms with Gasteiger partial charge in [0.25, 0.3) is 0 Å². The Morgan fingerprint density at radius 2 is 2.31 bits per heavy atom. The molecule has 0 saturated heterocycles. The van der Waals surface area contributed by atoms with Crippen LogP contribution in [0.15, 0.2) is 12.4 Å². The van der Waals surface area contributed by atoms with Gasteiger partial charge in [-0.3, -0.25) is 0 Å². The van der Waals surface area contributed by atoms with Crippen LogP contribution >= 0.6 is 0 Å². The molecule has 1 aliphatic rings. The van der Waals surface area contributed by atoms with Gasteiger partial charge < -0.3 is 9.67 Å². The number of fused-ring (bicyclic) bond motifs is 1. The molecule has 1 aromatic rings. The molecule has 1 aromatic heterocycles. The number of aromatic nitrogens is 1. The molecule has 3 heteroatoms. The van der Waals surface area contributed by atoms with E-state index in [0.29, 0.717) is 6.42 Å². The predicted molar refractivity (Wildman–Crippen MR) is 61.8 cm³/mol. The van der Waals surface area contributed by atoms with Crippen molar-refractivity contribution >= 4 is 0 Å². The second-order valence-electron chi connectivity index (χ2n) is 4.50. The van der Waals surface area contributed by atoms with Crippen LogP contribution in [0.5, 0.6) is 0 Å². The number of nitrogens with zero attached hydrogens (tertiary/aromatic N) is 2. The molecule has 0 fully saturated rings. The molecule has 86 valence electrons. The first-order chi connectivity index (χ1) is 7.81. The third-order valence-corrected chi connectivity index (χ3v) is 3.23. The molecule has 0 radical (unpaired) electrons. The van der Waals surface area contributed by atoms with Gasteiger partial charge in [0, 0.05) is 30.9 Å². The fraction of sp³-hybridized carbons (Fsp3) is 0.615. The molecule has 0 amide bonds. The Morgan fingerprint density at radius 3 is 3.12 bits per heavy atom. The summed E-state index contributed by atoms with van der Waals surface area (Å²) in [6, 6.07) is 2.16. The van der Waals surface area contributed by atoms with Gasteiger partial charge in [0.2, 0.25) is 0 Å². The Morgan fingerprint density at radius 1 is 1.44 bits per heavy atom. The SMILES string of the molecule is N#CCCCn1cc2c(c1)C(O)CCCC2. The molecule has 1 N–H and O–H groups in total. The number of rotatable bonds is 3. The number of hydrogen-bond donors (Lipinski definition) is 1. The van der Waals surface area contributed by atoms with E-state index in [1.807, 2.05) is 0 Å². The van der Waals surface area contributed by atoms with E-state index in [-0.39, 0.29) is 6.10 Å². The molecule has 1 unspecified atom stereocenters. The monoisotopic (exact) mass is 218 g/mol. The van der Waals surface area contributed by atoms with Gasteiger partial charge in [0.05, 0.1) is 12.2 Å². The quantitative estimate of drug-likeness (QED) is 0.626. The maximum Gasteiger partial charge on any atom is 0.0807 e. The summed E-state index contributed by atoms with van der Waals surface area (Å²) in [4.78, 5) is 0. The Bertz CT molecular complexity index is 389. The summed E-state index contributed by atoms with van der Waals surface area (Å²) in [5.41, 5.74) is 2.40. The van der Waals surface area contributed by atoms with E-state index < -0.39 is 0 Å². The van der Waals surface area contributed by atoms with Crippen LogP contribution in [0.1, 0.15) is 49.3 Å². The Balaban J connectivity index is 2.07. The standard InChI is InChI=1S/C13H18N2O/c14-7-3-4-8-15-9-11-5-1-2-6-13(16)12(11)10-15/h9-10,13,16H,1-6,8H2. The smallest absolute Gasteiger partial charge is 0.0807 e. The van der Waals surface area contributed by atoms with Gasteiger partial charge in [0.15, 0.2) is 0 Å². The third-order valence-electron chi connectivity index (χ3n) is 3.23. The molecule has 0 aliphatic heterocycles. The normalized spacial score (nSPS) is 19.9. The van der Waals surface area contributed by atoms with E-state index in [9.17, 15) is 5.11 Å². The van der Waals surface area contributed by atoms with Crippen molar-refractivity contribution in [3.8, 4) is 6.07 Å². The van der Waals surface area contributed by atoms with E-state index in [4.69, 9.17) is 5.26 Å². The Labute approximate surface area is 96.3 Å². The van der Waals surface area contributed by atoms with Crippen molar-refractivity contribution in [3.63, 3.8) is 0 Å². The summed E-state index contributed by atoms with van der Waals surface area (Å²) < 4.78 is 2.12. The van der Waals surface area contributed by atoms with Gasteiger partial charge in [-0.2, -0.15) is 5.26 Å². The second kappa shape index (κ2) is 5.18. The van der Waals surface area contributed by atoms with Crippen molar-refractivity contribution < 1.29 is 5.11 Å². The Kier molecular flexibility index (Phi) is 3.63. The van der Waals surface area contributed by atoms with E-state index in [2.05, 4.69) is 23.0 Å². The first-order valence-electron chi connectivity index (χ1n) is 6.05. The van der Waals surface area contributed by atoms with E-state index >= 15 is 0 Å². The zero-order valence-corrected chi connectivity index (χ0v) is 9.52. The highest BCUT2D eigenvalue weighted by Gasteiger charge is 2.17. The lowest BCUT2D eigenvalue weighted by atomic mass is 10.1. The minimum atomic E-state index is -0.283. The maximum absolute atomic E-state index is 9.96. The zero-order chi connectivity index (χ0) is 11.4. The number of aliphatic hydroxyl groups excluding tert-OH is 1. The zero-order valence-electron chi connectivity index (χ0n) is 9.52. The van der Waals surface area contributed by atoms with Crippen molar-refractivity contribution in [2.75, 3.05) is 0 Å². The van der Waals surface area contributed by atoms with Crippen LogP contribution in [-0.4, -0.2) is 9.67 Å². The van der Waals surface area contributed by atoms with Crippen molar-refractivity contribution in [2.24, 2.45) is 0 Å². The second-order valence-corrected chi connectivity index (χ2v) is 4.50. The average Bonchev–Trinajstić information content (AvgIpc) is 2.61. The maximum atomic E-state index is 9.96. The third kappa shape index (κ3) is 2.45. The van der Waals surface area contributed by atoms with Crippen molar-refractivity contribution in [2.45, 2.75) is 51.2 Å². The fourth-order valence-electron chi connectivity index (χ4n) is 2.36.